The summed E-state index contributed by atoms with van der Waals surface area (Å²) in [5.74, 6) is -3.39. The smallest absolute Gasteiger partial charge is 0.406 e. The van der Waals surface area contributed by atoms with Gasteiger partial charge in [0, 0.05) is 24.7 Å². The first-order valence-electron chi connectivity index (χ1n) is 9.07. The molecule has 1 saturated heterocycles. The molecule has 1 aliphatic heterocycles. The van der Waals surface area contributed by atoms with E-state index in [1.54, 1.807) is 0 Å². The van der Waals surface area contributed by atoms with Gasteiger partial charge in [-0.05, 0) is 55.3 Å². The van der Waals surface area contributed by atoms with Crippen LogP contribution in [0.4, 0.5) is 27.6 Å². The fraction of sp³-hybridized carbons (Fsp3) is 0.316. The zero-order valence-corrected chi connectivity index (χ0v) is 16.6. The Hall–Kier alpha value is -2.73. The third-order valence-electron chi connectivity index (χ3n) is 4.69. The van der Waals surface area contributed by atoms with E-state index in [0.717, 1.165) is 28.6 Å². The number of alkyl halides is 3. The minimum atomic E-state index is -4.83. The Labute approximate surface area is 174 Å². The lowest BCUT2D eigenvalue weighted by molar-refractivity contribution is -0.274. The first-order chi connectivity index (χ1) is 14.5. The molecule has 31 heavy (non-hydrogen) atoms. The van der Waals surface area contributed by atoms with Gasteiger partial charge in [-0.2, -0.15) is 4.31 Å². The number of rotatable bonds is 5. The molecule has 1 heterocycles. The van der Waals surface area contributed by atoms with Crippen molar-refractivity contribution in [2.75, 3.05) is 18.4 Å². The maximum atomic E-state index is 13.9. The molecule has 0 bridgehead atoms. The van der Waals surface area contributed by atoms with Gasteiger partial charge in [-0.1, -0.05) is 0 Å². The van der Waals surface area contributed by atoms with Crippen LogP contribution >= 0.6 is 0 Å². The van der Waals surface area contributed by atoms with Gasteiger partial charge >= 0.3 is 6.36 Å². The quantitative estimate of drug-likeness (QED) is 0.681. The summed E-state index contributed by atoms with van der Waals surface area (Å²) in [5, 5.41) is 2.55. The number of hydrogen-bond donors (Lipinski definition) is 1. The van der Waals surface area contributed by atoms with Crippen molar-refractivity contribution in [2.45, 2.75) is 24.1 Å². The van der Waals surface area contributed by atoms with Gasteiger partial charge in [0.2, 0.25) is 15.9 Å². The number of carbonyl (C=O) groups excluding carboxylic acids is 1. The SMILES string of the molecule is O=C(Nc1ccc(OC(F)(F)F)cc1)C1CCN(S(=O)(=O)c2cc(F)ccc2F)CC1. The summed E-state index contributed by atoms with van der Waals surface area (Å²) in [5.41, 5.74) is 0.247. The summed E-state index contributed by atoms with van der Waals surface area (Å²) in [4.78, 5) is 11.6. The van der Waals surface area contributed by atoms with Gasteiger partial charge in [-0.3, -0.25) is 4.79 Å². The van der Waals surface area contributed by atoms with Gasteiger partial charge in [0.05, 0.1) is 0 Å². The molecule has 0 saturated carbocycles. The molecule has 0 radical (unpaired) electrons. The summed E-state index contributed by atoms with van der Waals surface area (Å²) >= 11 is 0. The van der Waals surface area contributed by atoms with Crippen molar-refractivity contribution in [1.82, 2.24) is 4.31 Å². The molecule has 1 fully saturated rings. The highest BCUT2D eigenvalue weighted by atomic mass is 32.2. The van der Waals surface area contributed by atoms with Crippen LogP contribution in [0.5, 0.6) is 5.75 Å². The van der Waals surface area contributed by atoms with E-state index in [4.69, 9.17) is 0 Å². The Morgan fingerprint density at radius 1 is 1.03 bits per heavy atom. The van der Waals surface area contributed by atoms with Gasteiger partial charge in [-0.15, -0.1) is 13.2 Å². The van der Waals surface area contributed by atoms with Crippen molar-refractivity contribution in [3.8, 4) is 5.75 Å². The fourth-order valence-electron chi connectivity index (χ4n) is 3.16. The lowest BCUT2D eigenvalue weighted by atomic mass is 9.97. The minimum Gasteiger partial charge on any atom is -0.406 e. The Morgan fingerprint density at radius 3 is 2.23 bits per heavy atom. The first kappa shape index (κ1) is 22.9. The molecule has 1 aliphatic rings. The number of hydrogen-bond acceptors (Lipinski definition) is 4. The second-order valence-electron chi connectivity index (χ2n) is 6.81. The maximum absolute atomic E-state index is 13.9. The van der Waals surface area contributed by atoms with E-state index in [1.807, 2.05) is 0 Å². The highest BCUT2D eigenvalue weighted by Gasteiger charge is 2.34. The van der Waals surface area contributed by atoms with Crippen molar-refractivity contribution in [2.24, 2.45) is 5.92 Å². The Bertz CT molecular complexity index is 1050. The molecule has 168 valence electrons. The van der Waals surface area contributed by atoms with Crippen molar-refractivity contribution in [1.29, 1.82) is 0 Å². The number of amides is 1. The Morgan fingerprint density at radius 2 is 1.65 bits per heavy atom. The van der Waals surface area contributed by atoms with E-state index < -0.39 is 50.5 Å². The predicted molar refractivity (Wildman–Crippen MR) is 99.6 cm³/mol. The molecule has 2 aromatic rings. The lowest BCUT2D eigenvalue weighted by Crippen LogP contribution is -2.41. The zero-order chi connectivity index (χ0) is 22.8. The molecule has 2 aromatic carbocycles. The van der Waals surface area contributed by atoms with E-state index in [2.05, 4.69) is 10.1 Å². The lowest BCUT2D eigenvalue weighted by Gasteiger charge is -2.30. The van der Waals surface area contributed by atoms with E-state index in [-0.39, 0.29) is 31.6 Å². The van der Waals surface area contributed by atoms with Crippen LogP contribution in [0.1, 0.15) is 12.8 Å². The normalized spacial score (nSPS) is 16.2. The third kappa shape index (κ3) is 5.70. The van der Waals surface area contributed by atoms with Crippen LogP contribution in [0.3, 0.4) is 0 Å². The molecular weight excluding hydrogens is 447 g/mol. The molecule has 0 aromatic heterocycles. The molecule has 0 aliphatic carbocycles. The number of sulfonamides is 1. The Kier molecular flexibility index (Phi) is 6.51. The van der Waals surface area contributed by atoms with Crippen molar-refractivity contribution < 1.29 is 39.9 Å². The number of ether oxygens (including phenoxy) is 1. The topological polar surface area (TPSA) is 75.7 Å². The molecule has 6 nitrogen and oxygen atoms in total. The number of benzene rings is 2. The van der Waals surface area contributed by atoms with Crippen LogP contribution < -0.4 is 10.1 Å². The van der Waals surface area contributed by atoms with Crippen LogP contribution in [-0.2, 0) is 14.8 Å². The second kappa shape index (κ2) is 8.79. The predicted octanol–water partition coefficient (Wildman–Crippen LogP) is 3.90. The maximum Gasteiger partial charge on any atom is 0.573 e. The molecule has 0 spiro atoms. The van der Waals surface area contributed by atoms with E-state index >= 15 is 0 Å². The van der Waals surface area contributed by atoms with Crippen LogP contribution in [0.15, 0.2) is 47.4 Å². The van der Waals surface area contributed by atoms with E-state index in [0.29, 0.717) is 6.07 Å². The van der Waals surface area contributed by atoms with Crippen molar-refractivity contribution >= 4 is 21.6 Å². The van der Waals surface area contributed by atoms with Gasteiger partial charge in [0.25, 0.3) is 0 Å². The summed E-state index contributed by atoms with van der Waals surface area (Å²) in [7, 11) is -4.26. The average molecular weight is 464 g/mol. The number of nitrogens with one attached hydrogen (secondary N) is 1. The second-order valence-corrected chi connectivity index (χ2v) is 8.72. The highest BCUT2D eigenvalue weighted by molar-refractivity contribution is 7.89. The van der Waals surface area contributed by atoms with Gasteiger partial charge in [-0.25, -0.2) is 17.2 Å². The number of piperidine rings is 1. The van der Waals surface area contributed by atoms with E-state index in [1.165, 1.54) is 12.1 Å². The van der Waals surface area contributed by atoms with Crippen molar-refractivity contribution in [3.63, 3.8) is 0 Å². The summed E-state index contributed by atoms with van der Waals surface area (Å²) < 4.78 is 93.7. The molecule has 3 rings (SSSR count). The molecule has 0 atom stereocenters. The number of nitrogens with zero attached hydrogens (tertiary/aromatic N) is 1. The van der Waals surface area contributed by atoms with Gasteiger partial charge in [0.1, 0.15) is 22.3 Å². The van der Waals surface area contributed by atoms with Gasteiger partial charge in [0.15, 0.2) is 0 Å². The highest BCUT2D eigenvalue weighted by Crippen LogP contribution is 2.28. The van der Waals surface area contributed by atoms with Crippen LogP contribution in [0, 0.1) is 17.6 Å². The monoisotopic (exact) mass is 464 g/mol. The fourth-order valence-corrected chi connectivity index (χ4v) is 4.70. The average Bonchev–Trinajstić information content (AvgIpc) is 2.70. The van der Waals surface area contributed by atoms with Crippen molar-refractivity contribution in [3.05, 3.63) is 54.1 Å². The third-order valence-corrected chi connectivity index (χ3v) is 6.60. The molecule has 1 N–H and O–H groups in total. The number of anilines is 1. The summed E-state index contributed by atoms with van der Waals surface area (Å²) in [6.45, 7) is -0.149. The largest absolute Gasteiger partial charge is 0.573 e. The number of halogens is 5. The van der Waals surface area contributed by atoms with E-state index in [9.17, 15) is 35.2 Å². The number of carbonyl (C=O) groups is 1. The van der Waals surface area contributed by atoms with Crippen LogP contribution in [-0.4, -0.2) is 38.1 Å². The summed E-state index contributed by atoms with van der Waals surface area (Å²) in [6.07, 6.45) is -4.55. The molecule has 12 heteroatoms. The Balaban J connectivity index is 1.59. The minimum absolute atomic E-state index is 0.0747. The standard InChI is InChI=1S/C19H17F5N2O4S/c20-13-1-6-16(21)17(11-13)31(28,29)26-9-7-12(8-10-26)18(27)25-14-2-4-15(5-3-14)30-19(22,23)24/h1-6,11-12H,7-10H2,(H,25,27). The van der Waals surface area contributed by atoms with Gasteiger partial charge < -0.3 is 10.1 Å². The first-order valence-corrected chi connectivity index (χ1v) is 10.5. The molecular formula is C19H17F5N2O4S. The van der Waals surface area contributed by atoms with Crippen LogP contribution in [0.2, 0.25) is 0 Å². The molecule has 0 unspecified atom stereocenters. The molecule has 1 amide bonds. The summed E-state index contributed by atoms with van der Waals surface area (Å²) in [6, 6.07) is 6.73. The van der Waals surface area contributed by atoms with Crippen LogP contribution in [0.25, 0.3) is 0 Å². The zero-order valence-electron chi connectivity index (χ0n) is 15.8.